The zero-order valence-electron chi connectivity index (χ0n) is 13.5. The molecule has 1 aromatic rings. The van der Waals surface area contributed by atoms with Crippen molar-refractivity contribution in [3.63, 3.8) is 0 Å². The van der Waals surface area contributed by atoms with Crippen LogP contribution in [0.25, 0.3) is 0 Å². The van der Waals surface area contributed by atoms with Gasteiger partial charge in [-0.25, -0.2) is 0 Å². The average molecular weight is 290 g/mol. The smallest absolute Gasteiger partial charge is 0.311 e. The Balaban J connectivity index is 2.04. The van der Waals surface area contributed by atoms with Crippen LogP contribution in [0.3, 0.4) is 0 Å². The van der Waals surface area contributed by atoms with Crippen molar-refractivity contribution < 1.29 is 14.3 Å². The largest absolute Gasteiger partial charge is 0.469 e. The summed E-state index contributed by atoms with van der Waals surface area (Å²) < 4.78 is 10.2. The van der Waals surface area contributed by atoms with Crippen molar-refractivity contribution in [2.24, 2.45) is 5.41 Å². The first-order valence-corrected chi connectivity index (χ1v) is 7.75. The molecule has 21 heavy (non-hydrogen) atoms. The number of hydrogen-bond donors (Lipinski definition) is 0. The molecule has 0 amide bonds. The van der Waals surface area contributed by atoms with Crippen molar-refractivity contribution in [1.82, 2.24) is 0 Å². The maximum atomic E-state index is 11.9. The van der Waals surface area contributed by atoms with Gasteiger partial charge < -0.3 is 9.47 Å². The molecule has 0 spiro atoms. The molecule has 3 heteroatoms. The molecule has 0 bridgehead atoms. The molecule has 1 fully saturated rings. The lowest BCUT2D eigenvalue weighted by atomic mass is 9.78. The maximum absolute atomic E-state index is 11.9. The van der Waals surface area contributed by atoms with Crippen LogP contribution in [0.4, 0.5) is 0 Å². The first-order valence-electron chi connectivity index (χ1n) is 7.75. The lowest BCUT2D eigenvalue weighted by Gasteiger charge is -2.27. The Morgan fingerprint density at radius 1 is 1.38 bits per heavy atom. The van der Waals surface area contributed by atoms with Crippen molar-refractivity contribution in [3.05, 3.63) is 35.4 Å². The Hall–Kier alpha value is -1.35. The first kappa shape index (κ1) is 16.0. The minimum absolute atomic E-state index is 0.136. The molecule has 2 atom stereocenters. The molecule has 1 heterocycles. The Morgan fingerprint density at radius 2 is 2.00 bits per heavy atom. The van der Waals surface area contributed by atoms with Crippen molar-refractivity contribution >= 4 is 5.97 Å². The van der Waals surface area contributed by atoms with Gasteiger partial charge in [-0.1, -0.05) is 31.2 Å². The van der Waals surface area contributed by atoms with E-state index in [0.29, 0.717) is 12.0 Å². The molecule has 1 saturated heterocycles. The average Bonchev–Trinajstić information content (AvgIpc) is 3.28. The molecule has 0 radical (unpaired) electrons. The van der Waals surface area contributed by atoms with Crippen LogP contribution in [0, 0.1) is 5.41 Å². The zero-order chi connectivity index (χ0) is 15.5. The zero-order valence-corrected chi connectivity index (χ0v) is 13.5. The van der Waals surface area contributed by atoms with Crippen LogP contribution in [0.5, 0.6) is 0 Å². The number of carbonyl (C=O) groups is 1. The van der Waals surface area contributed by atoms with Crippen LogP contribution >= 0.6 is 0 Å². The topological polar surface area (TPSA) is 38.8 Å². The van der Waals surface area contributed by atoms with Crippen molar-refractivity contribution in [3.8, 4) is 0 Å². The van der Waals surface area contributed by atoms with Gasteiger partial charge in [0.2, 0.25) is 0 Å². The van der Waals surface area contributed by atoms with Crippen molar-refractivity contribution in [1.29, 1.82) is 0 Å². The second-order valence-electron chi connectivity index (χ2n) is 6.59. The summed E-state index contributed by atoms with van der Waals surface area (Å²) in [5.74, 6) is 0.244. The fraction of sp³-hybridized carbons (Fsp3) is 0.611. The Kier molecular flexibility index (Phi) is 5.04. The van der Waals surface area contributed by atoms with Gasteiger partial charge in [0.1, 0.15) is 0 Å². The van der Waals surface area contributed by atoms with Gasteiger partial charge >= 0.3 is 5.97 Å². The van der Waals surface area contributed by atoms with Gasteiger partial charge in [0.15, 0.2) is 0 Å². The summed E-state index contributed by atoms with van der Waals surface area (Å²) in [6, 6.07) is 8.76. The minimum Gasteiger partial charge on any atom is -0.469 e. The number of esters is 1. The van der Waals surface area contributed by atoms with E-state index in [2.05, 4.69) is 31.2 Å². The standard InChI is InChI=1S/C18H26O3/c1-5-14(11-18(2,3)17(19)20-4)15-8-6-13(7-9-15)10-16-12-21-16/h6-9,14,16H,5,10-12H2,1-4H3. The van der Waals surface area contributed by atoms with E-state index in [-0.39, 0.29) is 5.97 Å². The van der Waals surface area contributed by atoms with Crippen LogP contribution in [0.2, 0.25) is 0 Å². The lowest BCUT2D eigenvalue weighted by molar-refractivity contribution is -0.151. The van der Waals surface area contributed by atoms with E-state index >= 15 is 0 Å². The number of methoxy groups -OCH3 is 1. The molecule has 1 aromatic carbocycles. The maximum Gasteiger partial charge on any atom is 0.311 e. The summed E-state index contributed by atoms with van der Waals surface area (Å²) in [5, 5.41) is 0. The van der Waals surface area contributed by atoms with Gasteiger partial charge in [0.05, 0.1) is 25.2 Å². The van der Waals surface area contributed by atoms with Gasteiger partial charge in [-0.3, -0.25) is 4.79 Å². The molecular weight excluding hydrogens is 264 g/mol. The molecule has 2 rings (SSSR count). The predicted octanol–water partition coefficient (Wildman–Crippen LogP) is 3.71. The third-order valence-corrected chi connectivity index (χ3v) is 4.30. The van der Waals surface area contributed by atoms with Gasteiger partial charge in [0, 0.05) is 6.42 Å². The summed E-state index contributed by atoms with van der Waals surface area (Å²) in [5.41, 5.74) is 2.17. The van der Waals surface area contributed by atoms with Gasteiger partial charge in [-0.15, -0.1) is 0 Å². The molecule has 1 aliphatic heterocycles. The number of carbonyl (C=O) groups excluding carboxylic acids is 1. The highest BCUT2D eigenvalue weighted by Crippen LogP contribution is 2.35. The van der Waals surface area contributed by atoms with Crippen LogP contribution < -0.4 is 0 Å². The second-order valence-corrected chi connectivity index (χ2v) is 6.59. The van der Waals surface area contributed by atoms with Crippen molar-refractivity contribution in [2.75, 3.05) is 13.7 Å². The minimum atomic E-state index is -0.448. The van der Waals surface area contributed by atoms with E-state index in [1.807, 2.05) is 13.8 Å². The summed E-state index contributed by atoms with van der Waals surface area (Å²) in [4.78, 5) is 11.9. The number of rotatable bonds is 7. The van der Waals surface area contributed by atoms with E-state index < -0.39 is 5.41 Å². The quantitative estimate of drug-likeness (QED) is 0.567. The fourth-order valence-corrected chi connectivity index (χ4v) is 2.85. The molecule has 0 aliphatic carbocycles. The van der Waals surface area contributed by atoms with E-state index in [1.54, 1.807) is 0 Å². The summed E-state index contributed by atoms with van der Waals surface area (Å²) in [6.07, 6.45) is 3.26. The Morgan fingerprint density at radius 3 is 2.48 bits per heavy atom. The summed E-state index contributed by atoms with van der Waals surface area (Å²) >= 11 is 0. The number of epoxide rings is 1. The van der Waals surface area contributed by atoms with E-state index in [1.165, 1.54) is 18.2 Å². The van der Waals surface area contributed by atoms with E-state index in [9.17, 15) is 4.79 Å². The highest BCUT2D eigenvalue weighted by Gasteiger charge is 2.32. The number of ether oxygens (including phenoxy) is 2. The van der Waals surface area contributed by atoms with E-state index in [0.717, 1.165) is 25.9 Å². The molecule has 1 aliphatic rings. The molecule has 3 nitrogen and oxygen atoms in total. The van der Waals surface area contributed by atoms with E-state index in [4.69, 9.17) is 9.47 Å². The Bertz CT molecular complexity index is 472. The van der Waals surface area contributed by atoms with Gasteiger partial charge in [-0.2, -0.15) is 0 Å². The first-order chi connectivity index (χ1) is 9.96. The molecular formula is C18H26O3. The summed E-state index contributed by atoms with van der Waals surface area (Å²) in [6.45, 7) is 6.98. The normalized spacial score (nSPS) is 19.1. The van der Waals surface area contributed by atoms with Crippen LogP contribution in [-0.4, -0.2) is 25.8 Å². The molecule has 2 unspecified atom stereocenters. The fourth-order valence-electron chi connectivity index (χ4n) is 2.85. The molecule has 0 N–H and O–H groups in total. The lowest BCUT2D eigenvalue weighted by Crippen LogP contribution is -2.27. The third kappa shape index (κ3) is 4.31. The number of benzene rings is 1. The highest BCUT2D eigenvalue weighted by molar-refractivity contribution is 5.75. The molecule has 0 saturated carbocycles. The predicted molar refractivity (Wildman–Crippen MR) is 83.3 cm³/mol. The second kappa shape index (κ2) is 6.61. The Labute approximate surface area is 127 Å². The van der Waals surface area contributed by atoms with Crippen molar-refractivity contribution in [2.45, 2.75) is 52.1 Å². The van der Waals surface area contributed by atoms with Crippen LogP contribution in [-0.2, 0) is 20.7 Å². The molecule has 116 valence electrons. The van der Waals surface area contributed by atoms with Crippen LogP contribution in [0.15, 0.2) is 24.3 Å². The van der Waals surface area contributed by atoms with Gasteiger partial charge in [-0.05, 0) is 43.7 Å². The third-order valence-electron chi connectivity index (χ3n) is 4.30. The highest BCUT2D eigenvalue weighted by atomic mass is 16.6. The number of hydrogen-bond acceptors (Lipinski definition) is 3. The van der Waals surface area contributed by atoms with Gasteiger partial charge in [0.25, 0.3) is 0 Å². The summed E-state index contributed by atoms with van der Waals surface area (Å²) in [7, 11) is 1.46. The SMILES string of the molecule is CCC(CC(C)(C)C(=O)OC)c1ccc(CC2CO2)cc1. The monoisotopic (exact) mass is 290 g/mol. The molecule has 0 aromatic heterocycles. The van der Waals surface area contributed by atoms with Crippen LogP contribution in [0.1, 0.15) is 50.7 Å².